The number of fused-ring (bicyclic) bond motifs is 1. The van der Waals surface area contributed by atoms with Gasteiger partial charge in [0, 0.05) is 23.1 Å². The summed E-state index contributed by atoms with van der Waals surface area (Å²) in [5.41, 5.74) is 6.43. The van der Waals surface area contributed by atoms with Gasteiger partial charge in [-0.3, -0.25) is 4.79 Å². The first kappa shape index (κ1) is 13.9. The van der Waals surface area contributed by atoms with Crippen LogP contribution in [0.15, 0.2) is 18.2 Å². The summed E-state index contributed by atoms with van der Waals surface area (Å²) in [6.45, 7) is 10.9. The van der Waals surface area contributed by atoms with E-state index in [2.05, 4.69) is 56.3 Å². The van der Waals surface area contributed by atoms with Gasteiger partial charge in [-0.25, -0.2) is 0 Å². The van der Waals surface area contributed by atoms with Gasteiger partial charge in [-0.1, -0.05) is 39.4 Å². The molecule has 1 aliphatic heterocycles. The molecule has 1 aromatic rings. The molecule has 1 aliphatic rings. The molecule has 100 valence electrons. The van der Waals surface area contributed by atoms with Gasteiger partial charge >= 0.3 is 0 Å². The first-order valence-corrected chi connectivity index (χ1v) is 10.1. The van der Waals surface area contributed by atoms with Crippen LogP contribution < -0.4 is 5.32 Å². The Kier molecular flexibility index (Phi) is 3.32. The molecule has 1 N–H and O–H groups in total. The second-order valence-electron chi connectivity index (χ2n) is 6.87. The standard InChI is InChI=1S/C16H21NOSi/c1-16(2)11-15(18)17-14-7-6-12(10-13(14)16)8-9-19(3,4)5/h6-7,10H,11H2,1-5H3,(H,17,18). The predicted octanol–water partition coefficient (Wildman–Crippen LogP) is 3.54. The van der Waals surface area contributed by atoms with E-state index < -0.39 is 8.07 Å². The third-order valence-electron chi connectivity index (χ3n) is 3.21. The van der Waals surface area contributed by atoms with Crippen LogP contribution in [0.3, 0.4) is 0 Å². The van der Waals surface area contributed by atoms with Gasteiger partial charge in [-0.2, -0.15) is 0 Å². The van der Waals surface area contributed by atoms with Gasteiger partial charge in [0.15, 0.2) is 0 Å². The largest absolute Gasteiger partial charge is 0.326 e. The van der Waals surface area contributed by atoms with E-state index in [1.165, 1.54) is 5.56 Å². The number of nitrogens with one attached hydrogen (secondary N) is 1. The number of rotatable bonds is 0. The van der Waals surface area contributed by atoms with E-state index >= 15 is 0 Å². The van der Waals surface area contributed by atoms with Crippen molar-refractivity contribution < 1.29 is 4.79 Å². The summed E-state index contributed by atoms with van der Waals surface area (Å²) >= 11 is 0. The Morgan fingerprint density at radius 2 is 1.95 bits per heavy atom. The first-order valence-electron chi connectivity index (χ1n) is 6.65. The molecule has 1 amide bonds. The Bertz CT molecular complexity index is 585. The van der Waals surface area contributed by atoms with E-state index in [9.17, 15) is 4.79 Å². The number of anilines is 1. The van der Waals surface area contributed by atoms with Gasteiger partial charge in [0.1, 0.15) is 8.07 Å². The van der Waals surface area contributed by atoms with Crippen molar-refractivity contribution in [3.63, 3.8) is 0 Å². The van der Waals surface area contributed by atoms with Crippen molar-refractivity contribution in [1.29, 1.82) is 0 Å². The summed E-state index contributed by atoms with van der Waals surface area (Å²) in [5, 5.41) is 2.94. The molecule has 0 bridgehead atoms. The summed E-state index contributed by atoms with van der Waals surface area (Å²) in [6.07, 6.45) is 0.533. The van der Waals surface area contributed by atoms with Crippen molar-refractivity contribution in [2.75, 3.05) is 5.32 Å². The highest BCUT2D eigenvalue weighted by Crippen LogP contribution is 2.37. The maximum atomic E-state index is 11.6. The van der Waals surface area contributed by atoms with E-state index in [0.717, 1.165) is 11.3 Å². The average molecular weight is 271 g/mol. The van der Waals surface area contributed by atoms with Gasteiger partial charge < -0.3 is 5.32 Å². The van der Waals surface area contributed by atoms with Crippen molar-refractivity contribution in [2.45, 2.75) is 45.3 Å². The summed E-state index contributed by atoms with van der Waals surface area (Å²) in [7, 11) is -1.35. The lowest BCUT2D eigenvalue weighted by Gasteiger charge is -2.32. The van der Waals surface area contributed by atoms with Crippen LogP contribution in [0.25, 0.3) is 0 Å². The zero-order valence-electron chi connectivity index (χ0n) is 12.3. The topological polar surface area (TPSA) is 29.1 Å². The van der Waals surface area contributed by atoms with E-state index in [1.807, 2.05) is 12.1 Å². The molecule has 2 nitrogen and oxygen atoms in total. The summed E-state index contributed by atoms with van der Waals surface area (Å²) < 4.78 is 0. The first-order chi connectivity index (χ1) is 8.67. The minimum absolute atomic E-state index is 0.0958. The summed E-state index contributed by atoms with van der Waals surface area (Å²) in [6, 6.07) is 6.10. The van der Waals surface area contributed by atoms with Gasteiger partial charge in [0.25, 0.3) is 0 Å². The van der Waals surface area contributed by atoms with Crippen LogP contribution in [0.4, 0.5) is 5.69 Å². The van der Waals surface area contributed by atoms with Crippen molar-refractivity contribution in [2.24, 2.45) is 0 Å². The molecular formula is C16H21NOSi. The molecule has 1 aromatic carbocycles. The molecule has 19 heavy (non-hydrogen) atoms. The van der Waals surface area contributed by atoms with Crippen molar-refractivity contribution >= 4 is 19.7 Å². The fraction of sp³-hybridized carbons (Fsp3) is 0.438. The molecule has 0 spiro atoms. The molecule has 0 aliphatic carbocycles. The van der Waals surface area contributed by atoms with E-state index in [4.69, 9.17) is 0 Å². The zero-order chi connectivity index (χ0) is 14.3. The van der Waals surface area contributed by atoms with Gasteiger partial charge in [0.05, 0.1) is 0 Å². The van der Waals surface area contributed by atoms with Crippen LogP contribution >= 0.6 is 0 Å². The number of carbonyl (C=O) groups excluding carboxylic acids is 1. The molecule has 0 saturated carbocycles. The quantitative estimate of drug-likeness (QED) is 0.567. The zero-order valence-corrected chi connectivity index (χ0v) is 13.3. The second-order valence-corrected chi connectivity index (χ2v) is 11.6. The van der Waals surface area contributed by atoms with Crippen LogP contribution in [0.5, 0.6) is 0 Å². The van der Waals surface area contributed by atoms with Crippen LogP contribution in [0.2, 0.25) is 19.6 Å². The van der Waals surface area contributed by atoms with Gasteiger partial charge in [0.2, 0.25) is 5.91 Å². The number of amides is 1. The molecule has 0 saturated heterocycles. The highest BCUT2D eigenvalue weighted by molar-refractivity contribution is 6.83. The van der Waals surface area contributed by atoms with Crippen molar-refractivity contribution in [3.05, 3.63) is 29.3 Å². The SMILES string of the molecule is CC1(C)CC(=O)Nc2ccc(C#C[Si](C)(C)C)cc21. The van der Waals surface area contributed by atoms with Crippen LogP contribution in [-0.4, -0.2) is 14.0 Å². The molecule has 3 heteroatoms. The predicted molar refractivity (Wildman–Crippen MR) is 82.9 cm³/mol. The molecule has 2 rings (SSSR count). The lowest BCUT2D eigenvalue weighted by atomic mass is 9.77. The fourth-order valence-corrected chi connectivity index (χ4v) is 2.76. The van der Waals surface area contributed by atoms with E-state index in [1.54, 1.807) is 0 Å². The Morgan fingerprint density at radius 3 is 2.58 bits per heavy atom. The number of hydrogen-bond acceptors (Lipinski definition) is 1. The van der Waals surface area contributed by atoms with Crippen LogP contribution in [0, 0.1) is 11.5 Å². The molecule has 0 atom stereocenters. The second kappa shape index (κ2) is 4.54. The highest BCUT2D eigenvalue weighted by Gasteiger charge is 2.31. The summed E-state index contributed by atoms with van der Waals surface area (Å²) in [4.78, 5) is 11.6. The van der Waals surface area contributed by atoms with Crippen molar-refractivity contribution in [1.82, 2.24) is 0 Å². The Hall–Kier alpha value is -1.53. The molecule has 1 heterocycles. The Balaban J connectivity index is 2.43. The Morgan fingerprint density at radius 1 is 1.26 bits per heavy atom. The van der Waals surface area contributed by atoms with Gasteiger partial charge in [-0.05, 0) is 23.8 Å². The number of hydrogen-bond donors (Lipinski definition) is 1. The van der Waals surface area contributed by atoms with E-state index in [0.29, 0.717) is 6.42 Å². The third-order valence-corrected chi connectivity index (χ3v) is 4.08. The third kappa shape index (κ3) is 3.27. The molecule has 0 aromatic heterocycles. The normalized spacial score (nSPS) is 17.0. The monoisotopic (exact) mass is 271 g/mol. The molecular weight excluding hydrogens is 250 g/mol. The maximum absolute atomic E-state index is 11.6. The fourth-order valence-electron chi connectivity index (χ4n) is 2.24. The molecule has 0 unspecified atom stereocenters. The molecule has 0 fully saturated rings. The molecule has 0 radical (unpaired) electrons. The Labute approximate surface area is 116 Å². The minimum Gasteiger partial charge on any atom is -0.326 e. The maximum Gasteiger partial charge on any atom is 0.225 e. The number of benzene rings is 1. The lowest BCUT2D eigenvalue weighted by Crippen LogP contribution is -2.32. The van der Waals surface area contributed by atoms with Gasteiger partial charge in [-0.15, -0.1) is 5.54 Å². The lowest BCUT2D eigenvalue weighted by molar-refractivity contribution is -0.117. The van der Waals surface area contributed by atoms with Crippen LogP contribution in [-0.2, 0) is 10.2 Å². The van der Waals surface area contributed by atoms with Crippen LogP contribution in [0.1, 0.15) is 31.4 Å². The average Bonchev–Trinajstić information content (AvgIpc) is 2.24. The minimum atomic E-state index is -1.35. The highest BCUT2D eigenvalue weighted by atomic mass is 28.3. The summed E-state index contributed by atoms with van der Waals surface area (Å²) in [5.74, 6) is 3.38. The smallest absolute Gasteiger partial charge is 0.225 e. The van der Waals surface area contributed by atoms with E-state index in [-0.39, 0.29) is 11.3 Å². The van der Waals surface area contributed by atoms with Crippen molar-refractivity contribution in [3.8, 4) is 11.5 Å². The number of carbonyl (C=O) groups is 1.